The molecule has 8 heteroatoms. The van der Waals surface area contributed by atoms with Crippen LogP contribution in [0.5, 0.6) is 0 Å². The predicted molar refractivity (Wildman–Crippen MR) is 123 cm³/mol. The van der Waals surface area contributed by atoms with Crippen molar-refractivity contribution < 1.29 is 9.18 Å². The molecule has 0 saturated carbocycles. The summed E-state index contributed by atoms with van der Waals surface area (Å²) in [6, 6.07) is 6.28. The number of aryl methyl sites for hydroxylation is 3. The van der Waals surface area contributed by atoms with Gasteiger partial charge in [-0.3, -0.25) is 14.2 Å². The monoisotopic (exact) mass is 455 g/mol. The molecule has 0 unspecified atom stereocenters. The second kappa shape index (κ2) is 9.67. The first-order valence-corrected chi connectivity index (χ1v) is 12.0. The fraction of sp³-hybridized carbons (Fsp3) is 0.348. The van der Waals surface area contributed by atoms with Crippen LogP contribution in [0.2, 0.25) is 0 Å². The first-order valence-electron chi connectivity index (χ1n) is 10.2. The summed E-state index contributed by atoms with van der Waals surface area (Å²) in [5.74, 6) is 2.01. The lowest BCUT2D eigenvalue weighted by Crippen LogP contribution is -2.27. The van der Waals surface area contributed by atoms with Crippen LogP contribution in [0.15, 0.2) is 34.2 Å². The molecule has 1 N–H and O–H groups in total. The average molecular weight is 456 g/mol. The van der Waals surface area contributed by atoms with Gasteiger partial charge >= 0.3 is 0 Å². The van der Waals surface area contributed by atoms with Gasteiger partial charge in [0, 0.05) is 11.4 Å². The van der Waals surface area contributed by atoms with Crippen molar-refractivity contribution in [1.29, 1.82) is 0 Å². The van der Waals surface area contributed by atoms with Gasteiger partial charge in [0.1, 0.15) is 10.6 Å². The standard InChI is InChI=1S/C23H22FN3O2S2/c1-2-12-25-19(28)14-30-23-26-21-20(17-5-3-4-6-18(17)31-21)22(29)27(23)13-11-15-7-9-16(24)10-8-15/h1,7-10H,3-6,11-14H2,(H,25,28). The number of hydrogen-bond acceptors (Lipinski definition) is 5. The van der Waals surface area contributed by atoms with E-state index in [0.29, 0.717) is 18.1 Å². The maximum Gasteiger partial charge on any atom is 0.263 e. The van der Waals surface area contributed by atoms with Crippen LogP contribution < -0.4 is 10.9 Å². The number of hydrogen-bond donors (Lipinski definition) is 1. The number of benzene rings is 1. The van der Waals surface area contributed by atoms with Crippen molar-refractivity contribution in [3.8, 4) is 12.3 Å². The van der Waals surface area contributed by atoms with Gasteiger partial charge < -0.3 is 5.32 Å². The lowest BCUT2D eigenvalue weighted by Gasteiger charge is -2.13. The van der Waals surface area contributed by atoms with Gasteiger partial charge in [-0.15, -0.1) is 17.8 Å². The van der Waals surface area contributed by atoms with Crippen LogP contribution in [0.4, 0.5) is 4.39 Å². The van der Waals surface area contributed by atoms with Gasteiger partial charge in [0.2, 0.25) is 5.91 Å². The number of thiophene rings is 1. The van der Waals surface area contributed by atoms with Crippen molar-refractivity contribution >= 4 is 39.2 Å². The number of halogens is 1. The molecule has 2 heterocycles. The Bertz CT molecular complexity index is 1210. The van der Waals surface area contributed by atoms with E-state index in [1.165, 1.54) is 28.8 Å². The molecule has 31 heavy (non-hydrogen) atoms. The second-order valence-corrected chi connectivity index (χ2v) is 9.41. The minimum Gasteiger partial charge on any atom is -0.344 e. The van der Waals surface area contributed by atoms with E-state index in [4.69, 9.17) is 11.4 Å². The number of terminal acetylenes is 1. The van der Waals surface area contributed by atoms with E-state index >= 15 is 0 Å². The minimum atomic E-state index is -0.289. The number of aromatic nitrogens is 2. The summed E-state index contributed by atoms with van der Waals surface area (Å²) >= 11 is 2.83. The Balaban J connectivity index is 1.68. The number of nitrogens with zero attached hydrogens (tertiary/aromatic N) is 2. The van der Waals surface area contributed by atoms with Crippen LogP contribution in [-0.2, 0) is 30.6 Å². The summed E-state index contributed by atoms with van der Waals surface area (Å²) in [7, 11) is 0. The Morgan fingerprint density at radius 1 is 1.29 bits per heavy atom. The van der Waals surface area contributed by atoms with Gasteiger partial charge in [0.25, 0.3) is 5.56 Å². The first-order chi connectivity index (χ1) is 15.1. The Morgan fingerprint density at radius 3 is 2.84 bits per heavy atom. The molecule has 2 aromatic heterocycles. The van der Waals surface area contributed by atoms with Crippen molar-refractivity contribution in [2.75, 3.05) is 12.3 Å². The van der Waals surface area contributed by atoms with E-state index < -0.39 is 0 Å². The Morgan fingerprint density at radius 2 is 2.06 bits per heavy atom. The highest BCUT2D eigenvalue weighted by Gasteiger charge is 2.22. The topological polar surface area (TPSA) is 64.0 Å². The molecule has 0 fully saturated rings. The van der Waals surface area contributed by atoms with E-state index in [1.807, 2.05) is 0 Å². The molecule has 0 aliphatic heterocycles. The van der Waals surface area contributed by atoms with Crippen molar-refractivity contribution in [2.24, 2.45) is 0 Å². The highest BCUT2D eigenvalue weighted by Crippen LogP contribution is 2.34. The molecule has 0 atom stereocenters. The van der Waals surface area contributed by atoms with Crippen LogP contribution in [0, 0.1) is 18.2 Å². The fourth-order valence-corrected chi connectivity index (χ4v) is 5.91. The predicted octanol–water partition coefficient (Wildman–Crippen LogP) is 3.56. The number of carbonyl (C=O) groups is 1. The number of thioether (sulfide) groups is 1. The van der Waals surface area contributed by atoms with Gasteiger partial charge in [-0.25, -0.2) is 9.37 Å². The number of amides is 1. The molecule has 1 aliphatic rings. The number of fused-ring (bicyclic) bond motifs is 3. The summed E-state index contributed by atoms with van der Waals surface area (Å²) < 4.78 is 14.9. The SMILES string of the molecule is C#CCNC(=O)CSc1nc2sc3c(c2c(=O)n1CCc1ccc(F)cc1)CCCC3. The zero-order valence-electron chi connectivity index (χ0n) is 16.9. The van der Waals surface area contributed by atoms with Gasteiger partial charge in [0.05, 0.1) is 17.7 Å². The molecular formula is C23H22FN3O2S2. The summed E-state index contributed by atoms with van der Waals surface area (Å²) in [5, 5.41) is 3.88. The van der Waals surface area contributed by atoms with Crippen molar-refractivity contribution in [3.05, 3.63) is 56.4 Å². The summed E-state index contributed by atoms with van der Waals surface area (Å²) in [6.07, 6.45) is 9.87. The highest BCUT2D eigenvalue weighted by molar-refractivity contribution is 7.99. The largest absolute Gasteiger partial charge is 0.344 e. The molecule has 0 radical (unpaired) electrons. The van der Waals surface area contributed by atoms with Gasteiger partial charge in [-0.1, -0.05) is 29.8 Å². The molecule has 0 spiro atoms. The molecule has 1 aromatic carbocycles. The van der Waals surface area contributed by atoms with Crippen molar-refractivity contribution in [1.82, 2.24) is 14.9 Å². The zero-order valence-corrected chi connectivity index (χ0v) is 18.6. The van der Waals surface area contributed by atoms with Gasteiger partial charge in [-0.2, -0.15) is 0 Å². The molecule has 0 saturated heterocycles. The lowest BCUT2D eigenvalue weighted by molar-refractivity contribution is -0.118. The molecule has 1 aliphatic carbocycles. The summed E-state index contributed by atoms with van der Waals surface area (Å²) in [6.45, 7) is 0.577. The lowest BCUT2D eigenvalue weighted by atomic mass is 9.97. The van der Waals surface area contributed by atoms with Crippen LogP contribution in [0.3, 0.4) is 0 Å². The third-order valence-corrected chi connectivity index (χ3v) is 7.46. The number of rotatable bonds is 7. The van der Waals surface area contributed by atoms with Crippen LogP contribution in [0.25, 0.3) is 10.2 Å². The highest BCUT2D eigenvalue weighted by atomic mass is 32.2. The molecule has 5 nitrogen and oxygen atoms in total. The van der Waals surface area contributed by atoms with E-state index in [-0.39, 0.29) is 29.6 Å². The van der Waals surface area contributed by atoms with E-state index in [1.54, 1.807) is 28.0 Å². The summed E-state index contributed by atoms with van der Waals surface area (Å²) in [5.41, 5.74) is 2.02. The Hall–Kier alpha value is -2.63. The van der Waals surface area contributed by atoms with E-state index in [2.05, 4.69) is 11.2 Å². The third kappa shape index (κ3) is 4.83. The quantitative estimate of drug-likeness (QED) is 0.336. The van der Waals surface area contributed by atoms with E-state index in [0.717, 1.165) is 47.0 Å². The zero-order chi connectivity index (χ0) is 21.8. The molecule has 3 aromatic rings. The summed E-state index contributed by atoms with van der Waals surface area (Å²) in [4.78, 5) is 32.3. The first kappa shape index (κ1) is 21.6. The Labute approximate surface area is 188 Å². The van der Waals surface area contributed by atoms with Gasteiger partial charge in [0.15, 0.2) is 5.16 Å². The maximum atomic E-state index is 13.5. The molecule has 1 amide bonds. The Kier molecular flexibility index (Phi) is 6.73. The van der Waals surface area contributed by atoms with Crippen LogP contribution >= 0.6 is 23.1 Å². The normalized spacial score (nSPS) is 13.0. The maximum absolute atomic E-state index is 13.5. The second-order valence-electron chi connectivity index (χ2n) is 7.39. The molecule has 0 bridgehead atoms. The molecular weight excluding hydrogens is 433 g/mol. The van der Waals surface area contributed by atoms with Crippen LogP contribution in [0.1, 0.15) is 28.8 Å². The molecule has 4 rings (SSSR count). The third-order valence-electron chi connectivity index (χ3n) is 5.30. The number of carbonyl (C=O) groups excluding carboxylic acids is 1. The van der Waals surface area contributed by atoms with Crippen molar-refractivity contribution in [3.63, 3.8) is 0 Å². The van der Waals surface area contributed by atoms with Gasteiger partial charge in [-0.05, 0) is 55.4 Å². The minimum absolute atomic E-state index is 0.0574. The smallest absolute Gasteiger partial charge is 0.263 e. The molecule has 160 valence electrons. The van der Waals surface area contributed by atoms with E-state index in [9.17, 15) is 14.0 Å². The van der Waals surface area contributed by atoms with Crippen molar-refractivity contribution in [2.45, 2.75) is 43.8 Å². The average Bonchev–Trinajstić information content (AvgIpc) is 3.15. The van der Waals surface area contributed by atoms with Crippen LogP contribution in [-0.4, -0.2) is 27.8 Å². The number of nitrogens with one attached hydrogen (secondary N) is 1. The fourth-order valence-electron chi connectivity index (χ4n) is 3.75.